The van der Waals surface area contributed by atoms with Crippen molar-refractivity contribution in [2.75, 3.05) is 17.6 Å². The van der Waals surface area contributed by atoms with Crippen LogP contribution in [0.4, 0.5) is 11.4 Å². The van der Waals surface area contributed by atoms with Crippen LogP contribution in [0.15, 0.2) is 24.3 Å². The van der Waals surface area contributed by atoms with E-state index in [0.717, 1.165) is 0 Å². The van der Waals surface area contributed by atoms with Gasteiger partial charge in [0, 0.05) is 30.8 Å². The van der Waals surface area contributed by atoms with Gasteiger partial charge >= 0.3 is 0 Å². The quantitative estimate of drug-likeness (QED) is 0.647. The SMILES string of the molecule is CC1(C)CC(=O)N(CCC(=O)Nc2cccc(N)c2)C1=O. The summed E-state index contributed by atoms with van der Waals surface area (Å²) in [7, 11) is 0. The third-order valence-electron chi connectivity index (χ3n) is 3.45. The van der Waals surface area contributed by atoms with Crippen LogP contribution in [-0.2, 0) is 14.4 Å². The lowest BCUT2D eigenvalue weighted by molar-refractivity contribution is -0.140. The van der Waals surface area contributed by atoms with Crippen molar-refractivity contribution in [2.24, 2.45) is 5.41 Å². The lowest BCUT2D eigenvalue weighted by Gasteiger charge is -2.17. The van der Waals surface area contributed by atoms with E-state index in [1.165, 1.54) is 4.90 Å². The zero-order valence-electron chi connectivity index (χ0n) is 12.2. The summed E-state index contributed by atoms with van der Waals surface area (Å²) in [5, 5.41) is 2.69. The molecule has 1 saturated heterocycles. The lowest BCUT2D eigenvalue weighted by atomic mass is 9.92. The van der Waals surface area contributed by atoms with Gasteiger partial charge in [0.2, 0.25) is 17.7 Å². The standard InChI is InChI=1S/C15H19N3O3/c1-15(2)9-13(20)18(14(15)21)7-6-12(19)17-11-5-3-4-10(16)8-11/h3-5,8H,6-7,9,16H2,1-2H3,(H,17,19). The smallest absolute Gasteiger partial charge is 0.235 e. The van der Waals surface area contributed by atoms with Gasteiger partial charge in [-0.05, 0) is 18.2 Å². The number of hydrogen-bond acceptors (Lipinski definition) is 4. The minimum atomic E-state index is -0.665. The highest BCUT2D eigenvalue weighted by molar-refractivity contribution is 6.05. The van der Waals surface area contributed by atoms with Crippen molar-refractivity contribution in [3.63, 3.8) is 0 Å². The minimum absolute atomic E-state index is 0.0718. The van der Waals surface area contributed by atoms with E-state index in [1.807, 2.05) is 0 Å². The molecule has 6 heteroatoms. The average Bonchev–Trinajstić information content (AvgIpc) is 2.56. The van der Waals surface area contributed by atoms with Crippen LogP contribution >= 0.6 is 0 Å². The summed E-state index contributed by atoms with van der Waals surface area (Å²) < 4.78 is 0. The minimum Gasteiger partial charge on any atom is -0.399 e. The third-order valence-corrected chi connectivity index (χ3v) is 3.45. The maximum atomic E-state index is 12.0. The second-order valence-corrected chi connectivity index (χ2v) is 5.83. The molecule has 112 valence electrons. The van der Waals surface area contributed by atoms with E-state index in [1.54, 1.807) is 38.1 Å². The van der Waals surface area contributed by atoms with E-state index in [0.29, 0.717) is 11.4 Å². The first-order valence-electron chi connectivity index (χ1n) is 6.80. The van der Waals surface area contributed by atoms with Gasteiger partial charge in [-0.2, -0.15) is 0 Å². The van der Waals surface area contributed by atoms with Crippen LogP contribution in [0.5, 0.6) is 0 Å². The van der Waals surface area contributed by atoms with E-state index < -0.39 is 5.41 Å². The molecule has 0 saturated carbocycles. The molecule has 0 radical (unpaired) electrons. The molecule has 3 N–H and O–H groups in total. The Balaban J connectivity index is 1.90. The number of amides is 3. The summed E-state index contributed by atoms with van der Waals surface area (Å²) in [6.07, 6.45) is 0.269. The number of nitrogens with zero attached hydrogens (tertiary/aromatic N) is 1. The molecule has 1 heterocycles. The molecule has 0 unspecified atom stereocenters. The molecular weight excluding hydrogens is 270 g/mol. The van der Waals surface area contributed by atoms with Gasteiger partial charge in [-0.15, -0.1) is 0 Å². The number of rotatable bonds is 4. The normalized spacial score (nSPS) is 17.1. The zero-order chi connectivity index (χ0) is 15.6. The Kier molecular flexibility index (Phi) is 3.97. The maximum Gasteiger partial charge on any atom is 0.235 e. The first kappa shape index (κ1) is 15.0. The Morgan fingerprint density at radius 3 is 2.67 bits per heavy atom. The Labute approximate surface area is 123 Å². The highest BCUT2D eigenvalue weighted by Gasteiger charge is 2.44. The molecule has 1 aromatic rings. The summed E-state index contributed by atoms with van der Waals surface area (Å²) in [4.78, 5) is 36.8. The Bertz CT molecular complexity index is 596. The van der Waals surface area contributed by atoms with Gasteiger partial charge < -0.3 is 11.1 Å². The van der Waals surface area contributed by atoms with Crippen LogP contribution in [0.25, 0.3) is 0 Å². The van der Waals surface area contributed by atoms with Gasteiger partial charge in [-0.25, -0.2) is 0 Å². The Hall–Kier alpha value is -2.37. The summed E-state index contributed by atoms with van der Waals surface area (Å²) in [5.74, 6) is -0.697. The molecule has 6 nitrogen and oxygen atoms in total. The number of nitrogen functional groups attached to an aromatic ring is 1. The van der Waals surface area contributed by atoms with Crippen molar-refractivity contribution in [3.8, 4) is 0 Å². The molecule has 21 heavy (non-hydrogen) atoms. The summed E-state index contributed by atoms with van der Waals surface area (Å²) >= 11 is 0. The van der Waals surface area contributed by atoms with Gasteiger partial charge in [0.25, 0.3) is 0 Å². The van der Waals surface area contributed by atoms with Crippen molar-refractivity contribution in [1.82, 2.24) is 4.90 Å². The number of nitrogens with one attached hydrogen (secondary N) is 1. The maximum absolute atomic E-state index is 12.0. The lowest BCUT2D eigenvalue weighted by Crippen LogP contribution is -2.35. The number of hydrogen-bond donors (Lipinski definition) is 2. The number of carbonyl (C=O) groups excluding carboxylic acids is 3. The molecule has 2 rings (SSSR count). The summed E-state index contributed by atoms with van der Waals surface area (Å²) in [6.45, 7) is 3.58. The number of carbonyl (C=O) groups is 3. The van der Waals surface area contributed by atoms with Gasteiger partial charge in [-0.3, -0.25) is 19.3 Å². The van der Waals surface area contributed by atoms with Crippen molar-refractivity contribution in [3.05, 3.63) is 24.3 Å². The first-order valence-corrected chi connectivity index (χ1v) is 6.80. The molecule has 1 fully saturated rings. The molecule has 0 bridgehead atoms. The van der Waals surface area contributed by atoms with Crippen LogP contribution in [-0.4, -0.2) is 29.2 Å². The molecule has 1 aliphatic rings. The Morgan fingerprint density at radius 1 is 1.38 bits per heavy atom. The fourth-order valence-electron chi connectivity index (χ4n) is 2.31. The van der Waals surface area contributed by atoms with Crippen molar-refractivity contribution >= 4 is 29.1 Å². The second-order valence-electron chi connectivity index (χ2n) is 5.83. The average molecular weight is 289 g/mol. The van der Waals surface area contributed by atoms with Crippen molar-refractivity contribution in [2.45, 2.75) is 26.7 Å². The zero-order valence-corrected chi connectivity index (χ0v) is 12.2. The molecule has 0 aromatic heterocycles. The fourth-order valence-corrected chi connectivity index (χ4v) is 2.31. The van der Waals surface area contributed by atoms with Gasteiger partial charge in [0.1, 0.15) is 0 Å². The molecule has 1 aromatic carbocycles. The summed E-state index contributed by atoms with van der Waals surface area (Å²) in [5.41, 5.74) is 6.11. The summed E-state index contributed by atoms with van der Waals surface area (Å²) in [6, 6.07) is 6.83. The van der Waals surface area contributed by atoms with Gasteiger partial charge in [-0.1, -0.05) is 19.9 Å². The number of likely N-dealkylation sites (tertiary alicyclic amines) is 1. The third kappa shape index (κ3) is 3.39. The van der Waals surface area contributed by atoms with E-state index in [4.69, 9.17) is 5.73 Å². The molecule has 1 aliphatic heterocycles. The first-order chi connectivity index (χ1) is 9.79. The predicted octanol–water partition coefficient (Wildman–Crippen LogP) is 1.38. The van der Waals surface area contributed by atoms with Crippen LogP contribution in [0.2, 0.25) is 0 Å². The van der Waals surface area contributed by atoms with Crippen molar-refractivity contribution < 1.29 is 14.4 Å². The highest BCUT2D eigenvalue weighted by Crippen LogP contribution is 2.31. The van der Waals surface area contributed by atoms with Crippen LogP contribution in [0.3, 0.4) is 0 Å². The topological polar surface area (TPSA) is 92.5 Å². The predicted molar refractivity (Wildman–Crippen MR) is 79.2 cm³/mol. The van der Waals surface area contributed by atoms with E-state index in [-0.39, 0.29) is 37.1 Å². The van der Waals surface area contributed by atoms with E-state index in [2.05, 4.69) is 5.32 Å². The van der Waals surface area contributed by atoms with Crippen molar-refractivity contribution in [1.29, 1.82) is 0 Å². The molecule has 0 atom stereocenters. The van der Waals surface area contributed by atoms with Gasteiger partial charge in [0.05, 0.1) is 5.41 Å². The van der Waals surface area contributed by atoms with E-state index in [9.17, 15) is 14.4 Å². The molecule has 3 amide bonds. The fraction of sp³-hybridized carbons (Fsp3) is 0.400. The van der Waals surface area contributed by atoms with Crippen LogP contribution < -0.4 is 11.1 Å². The van der Waals surface area contributed by atoms with Gasteiger partial charge in [0.15, 0.2) is 0 Å². The van der Waals surface area contributed by atoms with Crippen LogP contribution in [0, 0.1) is 5.41 Å². The Morgan fingerprint density at radius 2 is 2.10 bits per heavy atom. The number of benzene rings is 1. The van der Waals surface area contributed by atoms with E-state index >= 15 is 0 Å². The van der Waals surface area contributed by atoms with Crippen LogP contribution in [0.1, 0.15) is 26.7 Å². The number of anilines is 2. The number of imide groups is 1. The largest absolute Gasteiger partial charge is 0.399 e. The highest BCUT2D eigenvalue weighted by atomic mass is 16.2. The monoisotopic (exact) mass is 289 g/mol. The molecular formula is C15H19N3O3. The molecule has 0 spiro atoms. The number of nitrogens with two attached hydrogens (primary N) is 1. The second kappa shape index (κ2) is 5.55. The molecule has 0 aliphatic carbocycles.